The minimum atomic E-state index is 0.768. The molecule has 2 bridgehead atoms. The van der Waals surface area contributed by atoms with Crippen molar-refractivity contribution in [3.8, 4) is 0 Å². The summed E-state index contributed by atoms with van der Waals surface area (Å²) in [5, 5.41) is 1.24. The van der Waals surface area contributed by atoms with E-state index in [0.29, 0.717) is 0 Å². The van der Waals surface area contributed by atoms with Gasteiger partial charge in [-0.3, -0.25) is 0 Å². The summed E-state index contributed by atoms with van der Waals surface area (Å²) in [6, 6.07) is 0. The first-order valence-corrected chi connectivity index (χ1v) is 5.31. The normalized spacial score (nSPS) is 50.4. The fourth-order valence-electron chi connectivity index (χ4n) is 2.84. The van der Waals surface area contributed by atoms with E-state index in [1.807, 2.05) is 0 Å². The van der Waals surface area contributed by atoms with Gasteiger partial charge in [0.05, 0.1) is 0 Å². The van der Waals surface area contributed by atoms with Gasteiger partial charge >= 0.3 is 0 Å². The molecule has 0 aromatic carbocycles. The van der Waals surface area contributed by atoms with Crippen LogP contribution < -0.4 is 0 Å². The largest absolute Gasteiger partial charge is 0.0922 e. The molecule has 0 saturated heterocycles. The summed E-state index contributed by atoms with van der Waals surface area (Å²) < 4.78 is 0. The van der Waals surface area contributed by atoms with E-state index in [1.165, 1.54) is 24.6 Å². The van der Waals surface area contributed by atoms with Crippen LogP contribution in [0.4, 0.5) is 0 Å². The summed E-state index contributed by atoms with van der Waals surface area (Å²) in [6.45, 7) is 4.74. The molecule has 0 atom stereocenters. The second kappa shape index (κ2) is 1.80. The maximum absolute atomic E-state index is 3.59. The zero-order chi connectivity index (χ0) is 7.41. The molecule has 1 heteroatoms. The Morgan fingerprint density at radius 1 is 1.30 bits per heavy atom. The predicted molar refractivity (Wildman–Crippen MR) is 47.3 cm³/mol. The molecule has 0 N–H and O–H groups in total. The van der Waals surface area contributed by atoms with Gasteiger partial charge in [0.15, 0.2) is 0 Å². The Labute approximate surface area is 71.5 Å². The molecular formula is C9H15Br. The molecule has 0 heterocycles. The first-order valence-electron chi connectivity index (χ1n) is 4.19. The van der Waals surface area contributed by atoms with Crippen LogP contribution in [-0.2, 0) is 0 Å². The van der Waals surface area contributed by atoms with Crippen LogP contribution in [0.5, 0.6) is 0 Å². The number of hydrogen-bond donors (Lipinski definition) is 0. The smallest absolute Gasteiger partial charge is 0.00885 e. The SMILES string of the molecule is CC(C)C12CC(CBr)(C1)C2. The van der Waals surface area contributed by atoms with Crippen LogP contribution in [0.3, 0.4) is 0 Å². The Hall–Kier alpha value is 0.480. The molecule has 3 aliphatic carbocycles. The minimum Gasteiger partial charge on any atom is -0.0922 e. The molecule has 3 fully saturated rings. The van der Waals surface area contributed by atoms with E-state index < -0.39 is 0 Å². The fourth-order valence-corrected chi connectivity index (χ4v) is 3.43. The Morgan fingerprint density at radius 3 is 2.10 bits per heavy atom. The lowest BCUT2D eigenvalue weighted by Crippen LogP contribution is -2.64. The molecule has 3 aliphatic rings. The lowest BCUT2D eigenvalue weighted by Gasteiger charge is -2.73. The average Bonchev–Trinajstić information content (AvgIpc) is 1.57. The topological polar surface area (TPSA) is 0 Å². The highest BCUT2D eigenvalue weighted by atomic mass is 79.9. The summed E-state index contributed by atoms with van der Waals surface area (Å²) in [5.74, 6) is 0.924. The first kappa shape index (κ1) is 7.15. The first-order chi connectivity index (χ1) is 4.63. The van der Waals surface area contributed by atoms with Crippen molar-refractivity contribution in [3.05, 3.63) is 0 Å². The van der Waals surface area contributed by atoms with Gasteiger partial charge in [-0.15, -0.1) is 0 Å². The molecule has 0 aromatic heterocycles. The van der Waals surface area contributed by atoms with Crippen LogP contribution in [-0.4, -0.2) is 5.33 Å². The minimum absolute atomic E-state index is 0.768. The molecule has 0 aromatic rings. The molecule has 0 amide bonds. The van der Waals surface area contributed by atoms with Crippen molar-refractivity contribution in [2.24, 2.45) is 16.7 Å². The van der Waals surface area contributed by atoms with Gasteiger partial charge in [-0.1, -0.05) is 29.8 Å². The Kier molecular flexibility index (Phi) is 1.28. The van der Waals surface area contributed by atoms with Crippen molar-refractivity contribution in [2.75, 3.05) is 5.33 Å². The highest BCUT2D eigenvalue weighted by Gasteiger charge is 2.67. The quantitative estimate of drug-likeness (QED) is 0.604. The molecule has 0 aliphatic heterocycles. The molecular weight excluding hydrogens is 188 g/mol. The van der Waals surface area contributed by atoms with Crippen LogP contribution in [0.25, 0.3) is 0 Å². The van der Waals surface area contributed by atoms with Crippen LogP contribution in [0.15, 0.2) is 0 Å². The maximum Gasteiger partial charge on any atom is 0.00885 e. The third-order valence-electron chi connectivity index (χ3n) is 3.69. The van der Waals surface area contributed by atoms with Crippen molar-refractivity contribution >= 4 is 15.9 Å². The highest BCUT2D eigenvalue weighted by molar-refractivity contribution is 9.09. The van der Waals surface area contributed by atoms with Crippen LogP contribution in [0.2, 0.25) is 0 Å². The van der Waals surface area contributed by atoms with Gasteiger partial charge in [0.25, 0.3) is 0 Å². The average molecular weight is 203 g/mol. The van der Waals surface area contributed by atoms with Crippen LogP contribution in [0, 0.1) is 16.7 Å². The van der Waals surface area contributed by atoms with Crippen molar-refractivity contribution in [1.82, 2.24) is 0 Å². The van der Waals surface area contributed by atoms with Gasteiger partial charge in [-0.2, -0.15) is 0 Å². The van der Waals surface area contributed by atoms with Gasteiger partial charge in [0.1, 0.15) is 0 Å². The second-order valence-corrected chi connectivity index (χ2v) is 5.24. The van der Waals surface area contributed by atoms with Crippen molar-refractivity contribution in [2.45, 2.75) is 33.1 Å². The van der Waals surface area contributed by atoms with E-state index in [-0.39, 0.29) is 0 Å². The van der Waals surface area contributed by atoms with Gasteiger partial charge in [0, 0.05) is 5.33 Å². The fraction of sp³-hybridized carbons (Fsp3) is 1.00. The molecule has 58 valence electrons. The molecule has 3 saturated carbocycles. The summed E-state index contributed by atoms with van der Waals surface area (Å²) in [4.78, 5) is 0. The van der Waals surface area contributed by atoms with Gasteiger partial charge in [-0.05, 0) is 36.0 Å². The van der Waals surface area contributed by atoms with Crippen molar-refractivity contribution in [3.63, 3.8) is 0 Å². The van der Waals surface area contributed by atoms with Crippen molar-refractivity contribution < 1.29 is 0 Å². The summed E-state index contributed by atoms with van der Waals surface area (Å²) in [5.41, 5.74) is 1.57. The summed E-state index contributed by atoms with van der Waals surface area (Å²) in [6.07, 6.45) is 4.51. The third kappa shape index (κ3) is 0.628. The summed E-state index contributed by atoms with van der Waals surface area (Å²) >= 11 is 3.59. The number of halogens is 1. The lowest BCUT2D eigenvalue weighted by atomic mass is 9.33. The molecule has 0 spiro atoms. The number of alkyl halides is 1. The molecule has 0 unspecified atom stereocenters. The molecule has 10 heavy (non-hydrogen) atoms. The second-order valence-electron chi connectivity index (χ2n) is 4.68. The van der Waals surface area contributed by atoms with Gasteiger partial charge in [-0.25, -0.2) is 0 Å². The highest BCUT2D eigenvalue weighted by Crippen LogP contribution is 2.76. The van der Waals surface area contributed by atoms with E-state index in [0.717, 1.165) is 16.7 Å². The van der Waals surface area contributed by atoms with E-state index in [1.54, 1.807) is 0 Å². The zero-order valence-electron chi connectivity index (χ0n) is 6.78. The zero-order valence-corrected chi connectivity index (χ0v) is 8.37. The van der Waals surface area contributed by atoms with Gasteiger partial charge < -0.3 is 0 Å². The monoisotopic (exact) mass is 202 g/mol. The van der Waals surface area contributed by atoms with E-state index >= 15 is 0 Å². The van der Waals surface area contributed by atoms with E-state index in [4.69, 9.17) is 0 Å². The lowest BCUT2D eigenvalue weighted by molar-refractivity contribution is -0.213. The Balaban J connectivity index is 1.98. The Bertz CT molecular complexity index is 140. The Morgan fingerprint density at radius 2 is 1.80 bits per heavy atom. The van der Waals surface area contributed by atoms with E-state index in [2.05, 4.69) is 29.8 Å². The molecule has 0 nitrogen and oxygen atoms in total. The molecule has 0 radical (unpaired) electrons. The van der Waals surface area contributed by atoms with E-state index in [9.17, 15) is 0 Å². The predicted octanol–water partition coefficient (Wildman–Crippen LogP) is 3.21. The van der Waals surface area contributed by atoms with Gasteiger partial charge in [0.2, 0.25) is 0 Å². The number of hydrogen-bond acceptors (Lipinski definition) is 0. The van der Waals surface area contributed by atoms with Crippen LogP contribution in [0.1, 0.15) is 33.1 Å². The standard InChI is InChI=1S/C9H15Br/c1-7(2)9-3-8(4-9,5-9)6-10/h7H,3-6H2,1-2H3. The van der Waals surface area contributed by atoms with Crippen LogP contribution >= 0.6 is 15.9 Å². The number of rotatable bonds is 2. The maximum atomic E-state index is 3.59. The third-order valence-corrected chi connectivity index (χ3v) is 4.88. The molecule has 3 rings (SSSR count). The van der Waals surface area contributed by atoms with Crippen molar-refractivity contribution in [1.29, 1.82) is 0 Å². The summed E-state index contributed by atoms with van der Waals surface area (Å²) in [7, 11) is 0.